The van der Waals surface area contributed by atoms with Crippen LogP contribution in [-0.4, -0.2) is 21.4 Å². The van der Waals surface area contributed by atoms with Crippen LogP contribution in [0.15, 0.2) is 72.8 Å². The number of fused-ring (bicyclic) bond motifs is 3. The molecule has 0 bridgehead atoms. The lowest BCUT2D eigenvalue weighted by Gasteiger charge is -2.27. The van der Waals surface area contributed by atoms with Gasteiger partial charge in [-0.05, 0) is 47.9 Å². The predicted octanol–water partition coefficient (Wildman–Crippen LogP) is 8.08. The Bertz CT molecular complexity index is 1670. The second kappa shape index (κ2) is 9.05. The van der Waals surface area contributed by atoms with E-state index < -0.39 is 0 Å². The van der Waals surface area contributed by atoms with Gasteiger partial charge in [0.25, 0.3) is 0 Å². The van der Waals surface area contributed by atoms with E-state index in [-0.39, 0.29) is 5.82 Å². The lowest BCUT2D eigenvalue weighted by molar-refractivity contribution is 0.249. The van der Waals surface area contributed by atoms with Gasteiger partial charge in [-0.1, -0.05) is 53.8 Å². The normalized spacial score (nSPS) is 13.9. The summed E-state index contributed by atoms with van der Waals surface area (Å²) in [7, 11) is 0. The van der Waals surface area contributed by atoms with Gasteiger partial charge in [-0.2, -0.15) is 0 Å². The highest BCUT2D eigenvalue weighted by Crippen LogP contribution is 2.47. The highest BCUT2D eigenvalue weighted by molar-refractivity contribution is 7.24. The summed E-state index contributed by atoms with van der Waals surface area (Å²) in [4.78, 5) is 13.6. The van der Waals surface area contributed by atoms with Crippen LogP contribution in [0, 0.1) is 5.82 Å². The van der Waals surface area contributed by atoms with Crippen molar-refractivity contribution < 1.29 is 4.39 Å². The van der Waals surface area contributed by atoms with E-state index in [1.807, 2.05) is 6.07 Å². The topological polar surface area (TPSA) is 41.1 Å². The number of thiophene rings is 1. The zero-order valence-electron chi connectivity index (χ0n) is 19.2. The average Bonchev–Trinajstić information content (AvgIpc) is 3.58. The third-order valence-corrected chi connectivity index (χ3v) is 9.58. The van der Waals surface area contributed by atoms with E-state index in [0.29, 0.717) is 0 Å². The lowest BCUT2D eigenvalue weighted by atomic mass is 10.0. The van der Waals surface area contributed by atoms with Crippen molar-refractivity contribution in [2.75, 3.05) is 11.9 Å². The van der Waals surface area contributed by atoms with Gasteiger partial charge in [0, 0.05) is 30.1 Å². The predicted molar refractivity (Wildman–Crippen MR) is 150 cm³/mol. The fourth-order valence-corrected chi connectivity index (χ4v) is 8.13. The summed E-state index contributed by atoms with van der Waals surface area (Å²) in [6.45, 7) is 2.87. The number of hydrogen-bond donors (Lipinski definition) is 1. The van der Waals surface area contributed by atoms with Crippen LogP contribution in [0.5, 0.6) is 0 Å². The minimum absolute atomic E-state index is 0.238. The van der Waals surface area contributed by atoms with Crippen molar-refractivity contribution in [2.24, 2.45) is 0 Å². The maximum Gasteiger partial charge on any atom is 0.188 e. The first-order chi connectivity index (χ1) is 17.7. The van der Waals surface area contributed by atoms with Gasteiger partial charge in [-0.15, -0.1) is 22.7 Å². The molecule has 8 heteroatoms. The van der Waals surface area contributed by atoms with E-state index >= 15 is 0 Å². The fraction of sp³-hybridized carbons (Fsp3) is 0.143. The molecule has 36 heavy (non-hydrogen) atoms. The highest BCUT2D eigenvalue weighted by atomic mass is 32.1. The maximum absolute atomic E-state index is 13.8. The van der Waals surface area contributed by atoms with E-state index in [0.717, 1.165) is 56.9 Å². The Morgan fingerprint density at radius 2 is 1.69 bits per heavy atom. The van der Waals surface area contributed by atoms with Crippen LogP contribution in [-0.2, 0) is 19.5 Å². The molecule has 0 radical (unpaired) electrons. The van der Waals surface area contributed by atoms with Crippen LogP contribution < -0.4 is 5.32 Å². The standard InChI is InChI=1S/C28H21FN4S3/c29-18-10-11-21-23(14-18)36-28(31-21)32-27-25(26-30-20-8-4-5-9-22(20)34-26)19-12-13-33(16-24(19)35-27)15-17-6-2-1-3-7-17/h1-11,14H,12-13,15-16H2,(H,31,32). The molecule has 1 aliphatic heterocycles. The molecular formula is C28H21FN4S3. The van der Waals surface area contributed by atoms with Crippen LogP contribution in [0.25, 0.3) is 31.0 Å². The molecule has 7 rings (SSSR count). The molecule has 1 aliphatic rings. The third-order valence-electron chi connectivity index (χ3n) is 6.46. The summed E-state index contributed by atoms with van der Waals surface area (Å²) in [5.74, 6) is -0.238. The number of nitrogens with zero attached hydrogens (tertiary/aromatic N) is 3. The molecule has 3 aromatic heterocycles. The van der Waals surface area contributed by atoms with Gasteiger partial charge >= 0.3 is 0 Å². The van der Waals surface area contributed by atoms with Gasteiger partial charge in [-0.25, -0.2) is 14.4 Å². The third kappa shape index (κ3) is 4.10. The summed E-state index contributed by atoms with van der Waals surface area (Å²) in [6.07, 6.45) is 0.983. The SMILES string of the molecule is Fc1ccc2nc(Nc3sc4c(c3-c3nc5ccccc5s3)CCN(Cc3ccccc3)C4)sc2c1. The minimum atomic E-state index is -0.238. The molecule has 3 aromatic carbocycles. The Hall–Kier alpha value is -3.17. The number of rotatable bonds is 5. The first kappa shape index (κ1) is 22.1. The molecule has 0 saturated heterocycles. The van der Waals surface area contributed by atoms with Crippen molar-refractivity contribution in [3.05, 3.63) is 94.6 Å². The molecular weight excluding hydrogens is 508 g/mol. The largest absolute Gasteiger partial charge is 0.323 e. The van der Waals surface area contributed by atoms with E-state index in [9.17, 15) is 4.39 Å². The van der Waals surface area contributed by atoms with Gasteiger partial charge in [0.1, 0.15) is 15.8 Å². The Morgan fingerprint density at radius 1 is 0.861 bits per heavy atom. The summed E-state index contributed by atoms with van der Waals surface area (Å²) in [6, 6.07) is 23.7. The second-order valence-electron chi connectivity index (χ2n) is 8.90. The van der Waals surface area contributed by atoms with Crippen molar-refractivity contribution in [3.63, 3.8) is 0 Å². The number of halogens is 1. The van der Waals surface area contributed by atoms with Crippen molar-refractivity contribution >= 4 is 64.6 Å². The first-order valence-electron chi connectivity index (χ1n) is 11.8. The average molecular weight is 529 g/mol. The molecule has 0 atom stereocenters. The maximum atomic E-state index is 13.8. The number of thiazole rings is 2. The fourth-order valence-electron chi connectivity index (χ4n) is 4.78. The van der Waals surface area contributed by atoms with Gasteiger partial charge in [0.05, 0.1) is 20.4 Å². The number of nitrogens with one attached hydrogen (secondary N) is 1. The zero-order valence-corrected chi connectivity index (χ0v) is 21.7. The van der Waals surface area contributed by atoms with Gasteiger partial charge < -0.3 is 5.32 Å². The van der Waals surface area contributed by atoms with E-state index in [4.69, 9.17) is 9.97 Å². The molecule has 0 unspecified atom stereocenters. The lowest BCUT2D eigenvalue weighted by Crippen LogP contribution is -2.29. The van der Waals surface area contributed by atoms with E-state index in [2.05, 4.69) is 58.7 Å². The van der Waals surface area contributed by atoms with Crippen LogP contribution in [0.4, 0.5) is 14.5 Å². The molecule has 0 saturated carbocycles. The van der Waals surface area contributed by atoms with Crippen LogP contribution in [0.2, 0.25) is 0 Å². The quantitative estimate of drug-likeness (QED) is 0.246. The molecule has 4 heterocycles. The van der Waals surface area contributed by atoms with E-state index in [1.54, 1.807) is 34.8 Å². The van der Waals surface area contributed by atoms with Gasteiger partial charge in [0.2, 0.25) is 0 Å². The summed E-state index contributed by atoms with van der Waals surface area (Å²) in [5.41, 5.74) is 5.75. The van der Waals surface area contributed by atoms with Crippen LogP contribution >= 0.6 is 34.0 Å². The smallest absolute Gasteiger partial charge is 0.188 e. The minimum Gasteiger partial charge on any atom is -0.323 e. The summed E-state index contributed by atoms with van der Waals surface area (Å²) in [5, 5.41) is 6.48. The monoisotopic (exact) mass is 528 g/mol. The number of aromatic nitrogens is 2. The molecule has 0 aliphatic carbocycles. The molecule has 0 fully saturated rings. The zero-order chi connectivity index (χ0) is 24.1. The Labute approximate surface area is 219 Å². The Kier molecular flexibility index (Phi) is 5.54. The molecule has 0 amide bonds. The molecule has 6 aromatic rings. The summed E-state index contributed by atoms with van der Waals surface area (Å²) >= 11 is 5.01. The molecule has 1 N–H and O–H groups in total. The van der Waals surface area contributed by atoms with E-state index in [1.165, 1.54) is 43.7 Å². The van der Waals surface area contributed by atoms with Crippen molar-refractivity contribution in [3.8, 4) is 10.6 Å². The number of benzene rings is 3. The van der Waals surface area contributed by atoms with Crippen LogP contribution in [0.1, 0.15) is 16.0 Å². The number of anilines is 2. The number of para-hydroxylation sites is 1. The summed E-state index contributed by atoms with van der Waals surface area (Å²) < 4.78 is 15.8. The molecule has 4 nitrogen and oxygen atoms in total. The van der Waals surface area contributed by atoms with Crippen LogP contribution in [0.3, 0.4) is 0 Å². The van der Waals surface area contributed by atoms with Crippen molar-refractivity contribution in [2.45, 2.75) is 19.5 Å². The van der Waals surface area contributed by atoms with Gasteiger partial charge in [-0.3, -0.25) is 4.90 Å². The number of hydrogen-bond acceptors (Lipinski definition) is 7. The Balaban J connectivity index is 1.28. The first-order valence-corrected chi connectivity index (χ1v) is 14.2. The van der Waals surface area contributed by atoms with Crippen molar-refractivity contribution in [1.29, 1.82) is 0 Å². The van der Waals surface area contributed by atoms with Crippen molar-refractivity contribution in [1.82, 2.24) is 14.9 Å². The second-order valence-corrected chi connectivity index (χ2v) is 12.1. The molecule has 0 spiro atoms. The molecule has 178 valence electrons. The Morgan fingerprint density at radius 3 is 2.58 bits per heavy atom. The van der Waals surface area contributed by atoms with Gasteiger partial charge in [0.15, 0.2) is 5.13 Å². The highest BCUT2D eigenvalue weighted by Gasteiger charge is 2.27.